The first-order valence-electron chi connectivity index (χ1n) is 9.93. The molecule has 0 amide bonds. The Bertz CT molecular complexity index is 1030. The van der Waals surface area contributed by atoms with Crippen LogP contribution in [0.3, 0.4) is 0 Å². The van der Waals surface area contributed by atoms with E-state index in [-0.39, 0.29) is 31.3 Å². The highest BCUT2D eigenvalue weighted by Crippen LogP contribution is 2.48. The molecule has 0 aliphatic carbocycles. The van der Waals surface area contributed by atoms with Crippen molar-refractivity contribution in [3.8, 4) is 18.1 Å². The van der Waals surface area contributed by atoms with Crippen LogP contribution in [0.4, 0.5) is 0 Å². The maximum atomic E-state index is 13.0. The molecule has 4 nitrogen and oxygen atoms in total. The van der Waals surface area contributed by atoms with Crippen molar-refractivity contribution < 1.29 is 14.3 Å². The minimum absolute atomic E-state index is 0.109. The Morgan fingerprint density at radius 3 is 2.23 bits per heavy atom. The Morgan fingerprint density at radius 2 is 1.53 bits per heavy atom. The molecule has 0 saturated carbocycles. The molecule has 1 aliphatic rings. The van der Waals surface area contributed by atoms with E-state index >= 15 is 0 Å². The van der Waals surface area contributed by atoms with Crippen LogP contribution in [0.1, 0.15) is 22.7 Å². The lowest BCUT2D eigenvalue weighted by molar-refractivity contribution is -0.145. The molecule has 3 atom stereocenters. The van der Waals surface area contributed by atoms with E-state index in [1.165, 1.54) is 0 Å². The number of esters is 1. The van der Waals surface area contributed by atoms with Crippen LogP contribution in [0.5, 0.6) is 5.75 Å². The highest BCUT2D eigenvalue weighted by Gasteiger charge is 2.55. The van der Waals surface area contributed by atoms with Gasteiger partial charge in [-0.3, -0.25) is 9.69 Å². The smallest absolute Gasteiger partial charge is 0.325 e. The van der Waals surface area contributed by atoms with Crippen molar-refractivity contribution in [3.63, 3.8) is 0 Å². The van der Waals surface area contributed by atoms with Gasteiger partial charge in [-0.1, -0.05) is 84.8 Å². The molecule has 30 heavy (non-hydrogen) atoms. The van der Waals surface area contributed by atoms with Gasteiger partial charge >= 0.3 is 5.97 Å². The predicted octanol–water partition coefficient (Wildman–Crippen LogP) is 4.37. The molecule has 1 heterocycles. The van der Waals surface area contributed by atoms with Crippen molar-refractivity contribution in [2.75, 3.05) is 6.61 Å². The van der Waals surface area contributed by atoms with Crippen molar-refractivity contribution in [1.29, 1.82) is 0 Å². The van der Waals surface area contributed by atoms with Crippen LogP contribution in [-0.4, -0.2) is 23.5 Å². The Hall–Kier alpha value is -3.55. The number of benzene rings is 3. The number of terminal acetylenes is 1. The van der Waals surface area contributed by atoms with E-state index in [9.17, 15) is 4.79 Å². The summed E-state index contributed by atoms with van der Waals surface area (Å²) in [5.41, 5.74) is 3.06. The SMILES string of the molecule is C#CCOc1ccccc1[C@@H]1[C@H](C(=O)OCc2ccccc2)N1Cc1ccccc1. The van der Waals surface area contributed by atoms with E-state index in [0.29, 0.717) is 12.3 Å². The first-order chi connectivity index (χ1) is 14.8. The van der Waals surface area contributed by atoms with Gasteiger partial charge in [0.2, 0.25) is 0 Å². The van der Waals surface area contributed by atoms with E-state index in [4.69, 9.17) is 15.9 Å². The van der Waals surface area contributed by atoms with Gasteiger partial charge in [0.15, 0.2) is 0 Å². The van der Waals surface area contributed by atoms with Gasteiger partial charge in [-0.2, -0.15) is 0 Å². The fourth-order valence-corrected chi connectivity index (χ4v) is 3.67. The summed E-state index contributed by atoms with van der Waals surface area (Å²) < 4.78 is 11.4. The quantitative estimate of drug-likeness (QED) is 0.321. The Labute approximate surface area is 177 Å². The Balaban J connectivity index is 1.53. The molecular formula is C26H23NO3. The highest BCUT2D eigenvalue weighted by atomic mass is 16.5. The largest absolute Gasteiger partial charge is 0.481 e. The lowest BCUT2D eigenvalue weighted by Gasteiger charge is -2.09. The second kappa shape index (κ2) is 9.30. The number of para-hydroxylation sites is 1. The average Bonchev–Trinajstić information content (AvgIpc) is 3.51. The van der Waals surface area contributed by atoms with Gasteiger partial charge in [0.25, 0.3) is 0 Å². The number of carbonyl (C=O) groups is 1. The van der Waals surface area contributed by atoms with Crippen LogP contribution < -0.4 is 4.74 Å². The normalized spacial score (nSPS) is 19.5. The summed E-state index contributed by atoms with van der Waals surface area (Å²) in [7, 11) is 0. The molecule has 0 N–H and O–H groups in total. The molecule has 3 aromatic rings. The third kappa shape index (κ3) is 4.53. The van der Waals surface area contributed by atoms with Gasteiger partial charge < -0.3 is 9.47 Å². The summed E-state index contributed by atoms with van der Waals surface area (Å²) in [6, 6.07) is 27.1. The van der Waals surface area contributed by atoms with Gasteiger partial charge in [-0.15, -0.1) is 6.42 Å². The van der Waals surface area contributed by atoms with Gasteiger partial charge in [0.05, 0.1) is 6.04 Å². The van der Waals surface area contributed by atoms with Crippen molar-refractivity contribution in [2.24, 2.45) is 0 Å². The van der Waals surface area contributed by atoms with Gasteiger partial charge in [0, 0.05) is 12.1 Å². The summed E-state index contributed by atoms with van der Waals surface area (Å²) >= 11 is 0. The zero-order valence-corrected chi connectivity index (χ0v) is 16.6. The average molecular weight is 397 g/mol. The van der Waals surface area contributed by atoms with E-state index in [2.05, 4.69) is 23.0 Å². The molecule has 1 unspecified atom stereocenters. The molecule has 0 aromatic heterocycles. The van der Waals surface area contributed by atoms with Gasteiger partial charge in [0.1, 0.15) is 25.0 Å². The van der Waals surface area contributed by atoms with Crippen molar-refractivity contribution in [3.05, 3.63) is 102 Å². The Kier molecular flexibility index (Phi) is 6.12. The third-order valence-electron chi connectivity index (χ3n) is 5.15. The maximum Gasteiger partial charge on any atom is 0.325 e. The molecule has 1 saturated heterocycles. The summed E-state index contributed by atoms with van der Waals surface area (Å²) in [6.45, 7) is 1.10. The van der Waals surface area contributed by atoms with Crippen molar-refractivity contribution >= 4 is 5.97 Å². The molecule has 0 radical (unpaired) electrons. The lowest BCUT2D eigenvalue weighted by atomic mass is 10.1. The standard InChI is InChI=1S/C26H23NO3/c1-2-17-29-23-16-10-9-15-22(23)24-25(27(24)18-20-11-5-3-6-12-20)26(28)30-19-21-13-7-4-8-14-21/h1,3-16,24-25H,17-19H2/t24-,25-,27?/m1/s1. The van der Waals surface area contributed by atoms with Crippen molar-refractivity contribution in [2.45, 2.75) is 25.2 Å². The third-order valence-corrected chi connectivity index (χ3v) is 5.15. The summed E-state index contributed by atoms with van der Waals surface area (Å²) in [4.78, 5) is 15.1. The van der Waals surface area contributed by atoms with Crippen molar-refractivity contribution in [1.82, 2.24) is 4.90 Å². The van der Waals surface area contributed by atoms with Gasteiger partial charge in [-0.25, -0.2) is 0 Å². The molecule has 0 bridgehead atoms. The first kappa shape index (κ1) is 19.8. The van der Waals surface area contributed by atoms with Crippen LogP contribution in [0.15, 0.2) is 84.9 Å². The fourth-order valence-electron chi connectivity index (χ4n) is 3.67. The first-order valence-corrected chi connectivity index (χ1v) is 9.93. The number of rotatable bonds is 8. The zero-order chi connectivity index (χ0) is 20.8. The van der Waals surface area contributed by atoms with Crippen LogP contribution in [0.2, 0.25) is 0 Å². The highest BCUT2D eigenvalue weighted by molar-refractivity contribution is 5.81. The molecule has 3 aromatic carbocycles. The van der Waals surface area contributed by atoms with E-state index in [1.54, 1.807) is 0 Å². The fraction of sp³-hybridized carbons (Fsp3) is 0.192. The van der Waals surface area contributed by atoms with E-state index in [0.717, 1.165) is 16.7 Å². The Morgan fingerprint density at radius 1 is 0.900 bits per heavy atom. The minimum atomic E-state index is -0.357. The maximum absolute atomic E-state index is 13.0. The van der Waals surface area contributed by atoms with Crippen LogP contribution in [-0.2, 0) is 22.7 Å². The van der Waals surface area contributed by atoms with E-state index < -0.39 is 0 Å². The number of ether oxygens (including phenoxy) is 2. The zero-order valence-electron chi connectivity index (χ0n) is 16.6. The van der Waals surface area contributed by atoms with E-state index in [1.807, 2.05) is 72.8 Å². The van der Waals surface area contributed by atoms with Crippen LogP contribution in [0.25, 0.3) is 0 Å². The molecular weight excluding hydrogens is 374 g/mol. The van der Waals surface area contributed by atoms with Crippen LogP contribution in [0, 0.1) is 12.3 Å². The number of hydrogen-bond donors (Lipinski definition) is 0. The van der Waals surface area contributed by atoms with Gasteiger partial charge in [-0.05, 0) is 17.2 Å². The molecule has 0 spiro atoms. The summed E-state index contributed by atoms with van der Waals surface area (Å²) in [6.07, 6.45) is 5.36. The van der Waals surface area contributed by atoms with Crippen LogP contribution >= 0.6 is 0 Å². The minimum Gasteiger partial charge on any atom is -0.481 e. The summed E-state index contributed by atoms with van der Waals surface area (Å²) in [5.74, 6) is 2.97. The monoisotopic (exact) mass is 397 g/mol. The molecule has 4 heteroatoms. The topological polar surface area (TPSA) is 38.5 Å². The summed E-state index contributed by atoms with van der Waals surface area (Å²) in [5, 5.41) is 0. The lowest BCUT2D eigenvalue weighted by Crippen LogP contribution is -2.16. The number of nitrogens with zero attached hydrogens (tertiary/aromatic N) is 1. The predicted molar refractivity (Wildman–Crippen MR) is 116 cm³/mol. The molecule has 1 aliphatic heterocycles. The molecule has 1 fully saturated rings. The second-order valence-corrected chi connectivity index (χ2v) is 7.17. The molecule has 150 valence electrons. The number of carbonyl (C=O) groups excluding carboxylic acids is 1. The molecule has 4 rings (SSSR count). The second-order valence-electron chi connectivity index (χ2n) is 7.17. The number of hydrogen-bond acceptors (Lipinski definition) is 4.